The molecular weight excluding hydrogens is 873 g/mol. The molecule has 0 atom stereocenters. The van der Waals surface area contributed by atoms with Crippen molar-refractivity contribution in [1.29, 1.82) is 0 Å². The van der Waals surface area contributed by atoms with Gasteiger partial charge in [0.2, 0.25) is 11.2 Å². The van der Waals surface area contributed by atoms with Gasteiger partial charge in [-0.2, -0.15) is 0 Å². The zero-order valence-corrected chi connectivity index (χ0v) is 30.0. The van der Waals surface area contributed by atoms with Crippen molar-refractivity contribution in [3.63, 3.8) is 0 Å². The summed E-state index contributed by atoms with van der Waals surface area (Å²) in [5.74, 6) is 0. The Kier molecular flexibility index (Phi) is 15.9. The third-order valence-electron chi connectivity index (χ3n) is 4.50. The van der Waals surface area contributed by atoms with Gasteiger partial charge in [-0.15, -0.1) is 11.7 Å². The van der Waals surface area contributed by atoms with Crippen molar-refractivity contribution < 1.29 is 16.6 Å². The SMILES string of the molecule is Cc1ccc(C)c(S(F)(F)F)c1.Cc1ccc(C)c(SSc2cc(C)ccc2C)c1.[I][V]([I])[I]. The molecule has 0 aliphatic carbocycles. The fourth-order valence-electron chi connectivity index (χ4n) is 2.64. The number of benzene rings is 3. The Hall–Kier alpha value is 1.27. The van der Waals surface area contributed by atoms with Crippen LogP contribution in [0.15, 0.2) is 69.3 Å². The van der Waals surface area contributed by atoms with Crippen molar-refractivity contribution >= 4 is 92.7 Å². The predicted molar refractivity (Wildman–Crippen MR) is 171 cm³/mol. The Morgan fingerprint density at radius 3 is 1.24 bits per heavy atom. The second kappa shape index (κ2) is 16.3. The van der Waals surface area contributed by atoms with Crippen LogP contribution >= 0.6 is 92.7 Å². The molecule has 0 amide bonds. The Bertz CT molecular complexity index is 1020. The number of hydrogen-bond donors (Lipinski definition) is 0. The van der Waals surface area contributed by atoms with Gasteiger partial charge >= 0.3 is 64.9 Å². The average molecular weight is 900 g/mol. The average Bonchev–Trinajstić information content (AvgIpc) is 2.72. The second-order valence-electron chi connectivity index (χ2n) is 7.57. The zero-order valence-electron chi connectivity index (χ0n) is 19.6. The molecular formula is C24H27F3I3S3V. The van der Waals surface area contributed by atoms with E-state index >= 15 is 0 Å². The fourth-order valence-corrected chi connectivity index (χ4v) is 6.06. The van der Waals surface area contributed by atoms with E-state index in [0.29, 0.717) is 11.1 Å². The third-order valence-corrected chi connectivity index (χ3v) is 8.09. The Morgan fingerprint density at radius 1 is 0.588 bits per heavy atom. The molecule has 0 nitrogen and oxygen atoms in total. The van der Waals surface area contributed by atoms with Gasteiger partial charge in [0.15, 0.2) is 0 Å². The van der Waals surface area contributed by atoms with E-state index in [9.17, 15) is 11.7 Å². The molecule has 0 bridgehead atoms. The molecule has 0 aromatic heterocycles. The number of hydrogen-bond acceptors (Lipinski definition) is 2. The van der Waals surface area contributed by atoms with Crippen LogP contribution in [0, 0.1) is 41.5 Å². The van der Waals surface area contributed by atoms with Crippen LogP contribution in [-0.2, 0) is 4.92 Å². The van der Waals surface area contributed by atoms with Crippen molar-refractivity contribution in [3.8, 4) is 0 Å². The molecule has 0 unspecified atom stereocenters. The molecule has 0 fully saturated rings. The van der Waals surface area contributed by atoms with Gasteiger partial charge < -0.3 is 0 Å². The van der Waals surface area contributed by atoms with E-state index in [4.69, 9.17) is 0 Å². The zero-order chi connectivity index (χ0) is 26.1. The van der Waals surface area contributed by atoms with E-state index in [1.165, 1.54) is 51.1 Å². The molecule has 188 valence electrons. The first-order chi connectivity index (χ1) is 15.7. The Morgan fingerprint density at radius 2 is 0.912 bits per heavy atom. The summed E-state index contributed by atoms with van der Waals surface area (Å²) >= 11 is 2.33. The monoisotopic (exact) mass is 900 g/mol. The van der Waals surface area contributed by atoms with Crippen molar-refractivity contribution in [2.75, 3.05) is 0 Å². The van der Waals surface area contributed by atoms with Crippen LogP contribution in [0.2, 0.25) is 0 Å². The van der Waals surface area contributed by atoms with Crippen LogP contribution in [0.4, 0.5) is 11.7 Å². The summed E-state index contributed by atoms with van der Waals surface area (Å²) in [6, 6.07) is 17.6. The minimum absolute atomic E-state index is 0.278. The van der Waals surface area contributed by atoms with Gasteiger partial charge in [-0.1, -0.05) is 58.0 Å². The summed E-state index contributed by atoms with van der Waals surface area (Å²) in [7, 11) is 3.71. The van der Waals surface area contributed by atoms with Gasteiger partial charge in [0, 0.05) is 9.79 Å². The molecule has 0 aliphatic rings. The van der Waals surface area contributed by atoms with Crippen LogP contribution in [0.3, 0.4) is 0 Å². The first kappa shape index (κ1) is 33.3. The quantitative estimate of drug-likeness (QED) is 0.189. The molecule has 0 aliphatic heterocycles. The van der Waals surface area contributed by atoms with Crippen molar-refractivity contribution in [3.05, 3.63) is 88.0 Å². The van der Waals surface area contributed by atoms with E-state index in [-0.39, 0.29) is 4.92 Å². The fraction of sp³-hybridized carbons (Fsp3) is 0.250. The topological polar surface area (TPSA) is 0 Å². The molecule has 3 rings (SSSR count). The molecule has 34 heavy (non-hydrogen) atoms. The maximum atomic E-state index is 12.3. The standard InChI is InChI=1S/C16H18S2.C8H9F3S.3HI.V/c1-11-5-7-13(3)15(9-11)17-18-16-10-12(2)6-8-14(16)4;1-6-3-4-7(2)8(5-6)12(9,10)11;;;;/h5-10H,1-4H3;3-5H,1-2H3;3*1H;/q;;;;;+3/p-3. The first-order valence-corrected chi connectivity index (χ1v) is 27.0. The number of rotatable bonds is 4. The summed E-state index contributed by atoms with van der Waals surface area (Å²) in [4.78, 5) is 1.99. The van der Waals surface area contributed by atoms with Crippen molar-refractivity contribution in [2.45, 2.75) is 56.2 Å². The third kappa shape index (κ3) is 13.2. The summed E-state index contributed by atoms with van der Waals surface area (Å²) < 4.78 is 36.9. The van der Waals surface area contributed by atoms with Crippen LogP contribution < -0.4 is 0 Å². The molecule has 0 saturated carbocycles. The molecule has 0 heterocycles. The molecule has 3 aromatic carbocycles. The van der Waals surface area contributed by atoms with E-state index < -0.39 is 16.1 Å². The first-order valence-electron chi connectivity index (χ1n) is 9.96. The maximum absolute atomic E-state index is 12.3. The van der Waals surface area contributed by atoms with E-state index in [1.807, 2.05) is 21.6 Å². The van der Waals surface area contributed by atoms with Crippen LogP contribution in [0.5, 0.6) is 0 Å². The molecule has 0 saturated heterocycles. The number of halogens is 6. The second-order valence-corrected chi connectivity index (χ2v) is 46.4. The minimum atomic E-state index is -5.06. The van der Waals surface area contributed by atoms with Gasteiger partial charge in [0.25, 0.3) is 0 Å². The predicted octanol–water partition coefficient (Wildman–Crippen LogP) is 12.5. The van der Waals surface area contributed by atoms with E-state index in [2.05, 4.69) is 124 Å². The summed E-state index contributed by atoms with van der Waals surface area (Å²) in [5.41, 5.74) is 6.31. The van der Waals surface area contributed by atoms with Crippen LogP contribution in [0.1, 0.15) is 33.4 Å². The Balaban J connectivity index is 0.000000312. The summed E-state index contributed by atoms with van der Waals surface area (Å²) in [5, 5.41) is 0. The number of aryl methyl sites for hydroxylation is 6. The molecule has 10 heteroatoms. The van der Waals surface area contributed by atoms with E-state index in [0.717, 1.165) is 0 Å². The van der Waals surface area contributed by atoms with Crippen LogP contribution in [0.25, 0.3) is 0 Å². The van der Waals surface area contributed by atoms with Gasteiger partial charge in [0.1, 0.15) is 0 Å². The summed E-state index contributed by atoms with van der Waals surface area (Å²) in [6.07, 6.45) is 0. The normalized spacial score (nSPS) is 11.3. The molecule has 0 spiro atoms. The van der Waals surface area contributed by atoms with Crippen molar-refractivity contribution in [2.24, 2.45) is 0 Å². The summed E-state index contributed by atoms with van der Waals surface area (Å²) in [6.45, 7) is 11.8. The van der Waals surface area contributed by atoms with Gasteiger partial charge in [-0.25, -0.2) is 0 Å². The van der Waals surface area contributed by atoms with Gasteiger partial charge in [0.05, 0.1) is 4.90 Å². The molecule has 0 radical (unpaired) electrons. The van der Waals surface area contributed by atoms with Gasteiger partial charge in [-0.05, 0) is 93.1 Å². The Labute approximate surface area is 250 Å². The molecule has 3 aromatic rings. The molecule has 0 N–H and O–H groups in total. The van der Waals surface area contributed by atoms with Gasteiger partial charge in [-0.3, -0.25) is 0 Å². The van der Waals surface area contributed by atoms with Crippen molar-refractivity contribution in [1.82, 2.24) is 0 Å². The van der Waals surface area contributed by atoms with E-state index in [1.54, 1.807) is 13.0 Å². The van der Waals surface area contributed by atoms with Crippen LogP contribution in [-0.4, -0.2) is 0 Å².